The van der Waals surface area contributed by atoms with E-state index in [4.69, 9.17) is 0 Å². The van der Waals surface area contributed by atoms with Crippen LogP contribution in [0.3, 0.4) is 0 Å². The molecule has 0 aliphatic carbocycles. The minimum absolute atomic E-state index is 0.0753. The summed E-state index contributed by atoms with van der Waals surface area (Å²) in [5, 5.41) is 3.05. The van der Waals surface area contributed by atoms with E-state index in [1.165, 1.54) is 17.0 Å². The third-order valence-corrected chi connectivity index (χ3v) is 9.70. The van der Waals surface area contributed by atoms with Gasteiger partial charge in [0, 0.05) is 22.6 Å². The van der Waals surface area contributed by atoms with Crippen molar-refractivity contribution in [3.05, 3.63) is 130 Å². The monoisotopic (exact) mass is 709 g/mol. The normalized spacial score (nSPS) is 12.6. The first-order valence-electron chi connectivity index (χ1n) is 14.2. The maximum absolute atomic E-state index is 14.4. The molecule has 4 aromatic carbocycles. The molecule has 0 unspecified atom stereocenters. The number of carbonyl (C=O) groups is 2. The van der Waals surface area contributed by atoms with Crippen LogP contribution in [0.2, 0.25) is 0 Å². The van der Waals surface area contributed by atoms with Gasteiger partial charge in [0.15, 0.2) is 0 Å². The van der Waals surface area contributed by atoms with E-state index in [2.05, 4.69) is 27.9 Å². The highest BCUT2D eigenvalue weighted by Crippen LogP contribution is 2.26. The first-order valence-corrected chi connectivity index (χ1v) is 16.7. The number of sulfonamides is 1. The van der Waals surface area contributed by atoms with Gasteiger partial charge < -0.3 is 10.2 Å². The number of anilines is 1. The molecule has 2 atom stereocenters. The Morgan fingerprint density at radius 3 is 1.88 bits per heavy atom. The predicted octanol–water partition coefficient (Wildman–Crippen LogP) is 6.04. The zero-order valence-corrected chi connectivity index (χ0v) is 27.2. The van der Waals surface area contributed by atoms with Crippen LogP contribution in [0.4, 0.5) is 5.69 Å². The third kappa shape index (κ3) is 8.67. The maximum Gasteiger partial charge on any atom is 0.264 e. The van der Waals surface area contributed by atoms with Crippen LogP contribution in [0.25, 0.3) is 0 Å². The molecule has 4 aromatic rings. The van der Waals surface area contributed by atoms with Crippen LogP contribution < -0.4 is 9.62 Å². The molecule has 0 aliphatic rings. The van der Waals surface area contributed by atoms with E-state index >= 15 is 0 Å². The molecule has 0 aliphatic heterocycles. The van der Waals surface area contributed by atoms with Gasteiger partial charge in [0.2, 0.25) is 11.8 Å². The van der Waals surface area contributed by atoms with Gasteiger partial charge in [0.1, 0.15) is 12.6 Å². The fourth-order valence-corrected chi connectivity index (χ4v) is 6.43. The number of rotatable bonds is 13. The third-order valence-electron chi connectivity index (χ3n) is 7.19. The molecule has 9 heteroatoms. The molecule has 1 N–H and O–H groups in total. The first kappa shape index (κ1) is 32.2. The summed E-state index contributed by atoms with van der Waals surface area (Å²) in [4.78, 5) is 29.8. The quantitative estimate of drug-likeness (QED) is 0.172. The van der Waals surface area contributed by atoms with Gasteiger partial charge in [-0.1, -0.05) is 85.8 Å². The molecule has 0 saturated carbocycles. The molecule has 0 spiro atoms. The lowest BCUT2D eigenvalue weighted by molar-refractivity contribution is -0.140. The van der Waals surface area contributed by atoms with Crippen molar-refractivity contribution in [3.8, 4) is 0 Å². The van der Waals surface area contributed by atoms with E-state index < -0.39 is 28.5 Å². The zero-order chi connectivity index (χ0) is 30.8. The van der Waals surface area contributed by atoms with E-state index in [9.17, 15) is 18.0 Å². The van der Waals surface area contributed by atoms with Crippen LogP contribution in [0.15, 0.2) is 120 Å². The molecule has 0 aromatic heterocycles. The summed E-state index contributed by atoms with van der Waals surface area (Å²) < 4.78 is 30.0. The summed E-state index contributed by atoms with van der Waals surface area (Å²) in [6.07, 6.45) is 1.00. The Morgan fingerprint density at radius 1 is 0.791 bits per heavy atom. The largest absolute Gasteiger partial charge is 0.352 e. The molecule has 4 rings (SSSR count). The number of nitrogens with one attached hydrogen (secondary N) is 1. The lowest BCUT2D eigenvalue weighted by Crippen LogP contribution is -2.54. The van der Waals surface area contributed by atoms with Crippen molar-refractivity contribution < 1.29 is 18.0 Å². The SMILES string of the molecule is CC[C@H](C)NC(=O)[C@@H](Cc1ccccc1)N(Cc1ccccc1)C(=O)CN(c1ccc(I)cc1)S(=O)(=O)c1ccccc1. The van der Waals surface area contributed by atoms with E-state index in [0.717, 1.165) is 25.4 Å². The Balaban J connectivity index is 1.78. The Morgan fingerprint density at radius 2 is 1.33 bits per heavy atom. The Kier molecular flexibility index (Phi) is 11.4. The molecule has 0 fully saturated rings. The van der Waals surface area contributed by atoms with Crippen LogP contribution in [0, 0.1) is 3.57 Å². The lowest BCUT2D eigenvalue weighted by atomic mass is 10.0. The lowest BCUT2D eigenvalue weighted by Gasteiger charge is -2.34. The standard InChI is InChI=1S/C34H36IN3O4S/c1-3-26(2)36-34(40)32(23-27-13-7-4-8-14-27)37(24-28-15-9-5-10-16-28)33(39)25-38(30-21-19-29(35)20-22-30)43(41,42)31-17-11-6-12-18-31/h4-22,26,32H,3,23-25H2,1-2H3,(H,36,40)/t26-,32+/m0/s1. The van der Waals surface area contributed by atoms with Gasteiger partial charge in [-0.25, -0.2) is 8.42 Å². The van der Waals surface area contributed by atoms with E-state index in [0.29, 0.717) is 5.69 Å². The number of nitrogens with zero attached hydrogens (tertiary/aromatic N) is 2. The fraction of sp³-hybridized carbons (Fsp3) is 0.235. The summed E-state index contributed by atoms with van der Waals surface area (Å²) in [7, 11) is -4.11. The Hall–Kier alpha value is -3.70. The van der Waals surface area contributed by atoms with Crippen LogP contribution in [0.1, 0.15) is 31.4 Å². The van der Waals surface area contributed by atoms with Gasteiger partial charge >= 0.3 is 0 Å². The second-order valence-corrected chi connectivity index (χ2v) is 13.4. The summed E-state index contributed by atoms with van der Waals surface area (Å²) in [5.41, 5.74) is 2.09. The summed E-state index contributed by atoms with van der Waals surface area (Å²) in [5.74, 6) is -0.767. The summed E-state index contributed by atoms with van der Waals surface area (Å²) >= 11 is 2.15. The molecule has 224 valence electrons. The number of amides is 2. The van der Waals surface area contributed by atoms with Gasteiger partial charge in [-0.05, 0) is 83.5 Å². The minimum Gasteiger partial charge on any atom is -0.352 e. The number of hydrogen-bond acceptors (Lipinski definition) is 4. The first-order chi connectivity index (χ1) is 20.7. The van der Waals surface area contributed by atoms with Crippen molar-refractivity contribution in [3.63, 3.8) is 0 Å². The van der Waals surface area contributed by atoms with Crippen LogP contribution >= 0.6 is 22.6 Å². The van der Waals surface area contributed by atoms with E-state index in [1.54, 1.807) is 42.5 Å². The fourth-order valence-electron chi connectivity index (χ4n) is 4.63. The van der Waals surface area contributed by atoms with E-state index in [1.807, 2.05) is 74.5 Å². The van der Waals surface area contributed by atoms with Crippen molar-refractivity contribution in [1.29, 1.82) is 0 Å². The van der Waals surface area contributed by atoms with Crippen molar-refractivity contribution in [1.82, 2.24) is 10.2 Å². The van der Waals surface area contributed by atoms with Gasteiger partial charge in [-0.15, -0.1) is 0 Å². The second-order valence-electron chi connectivity index (χ2n) is 10.3. The highest BCUT2D eigenvalue weighted by atomic mass is 127. The molecule has 43 heavy (non-hydrogen) atoms. The highest BCUT2D eigenvalue weighted by Gasteiger charge is 2.34. The van der Waals surface area contributed by atoms with Crippen LogP contribution in [-0.4, -0.2) is 43.8 Å². The van der Waals surface area contributed by atoms with Crippen LogP contribution in [0.5, 0.6) is 0 Å². The smallest absolute Gasteiger partial charge is 0.264 e. The summed E-state index contributed by atoms with van der Waals surface area (Å²) in [6.45, 7) is 3.56. The van der Waals surface area contributed by atoms with Gasteiger partial charge in [0.25, 0.3) is 10.0 Å². The van der Waals surface area contributed by atoms with Crippen molar-refractivity contribution in [2.45, 2.75) is 50.2 Å². The number of carbonyl (C=O) groups excluding carboxylic acids is 2. The average Bonchev–Trinajstić information content (AvgIpc) is 3.03. The minimum atomic E-state index is -4.11. The molecule has 0 heterocycles. The van der Waals surface area contributed by atoms with Crippen LogP contribution in [-0.2, 0) is 32.6 Å². The zero-order valence-electron chi connectivity index (χ0n) is 24.3. The van der Waals surface area contributed by atoms with Crippen molar-refractivity contribution in [2.75, 3.05) is 10.8 Å². The predicted molar refractivity (Wildman–Crippen MR) is 179 cm³/mol. The molecular formula is C34H36IN3O4S. The molecular weight excluding hydrogens is 673 g/mol. The number of benzene rings is 4. The van der Waals surface area contributed by atoms with Gasteiger partial charge in [-0.3, -0.25) is 13.9 Å². The number of hydrogen-bond donors (Lipinski definition) is 1. The average molecular weight is 710 g/mol. The van der Waals surface area contributed by atoms with E-state index in [-0.39, 0.29) is 29.8 Å². The molecule has 0 radical (unpaired) electrons. The summed E-state index contributed by atoms with van der Waals surface area (Å²) in [6, 6.07) is 33.0. The number of halogens is 1. The Bertz CT molecular complexity index is 1590. The topological polar surface area (TPSA) is 86.8 Å². The molecule has 0 saturated heterocycles. The maximum atomic E-state index is 14.4. The second kappa shape index (κ2) is 15.2. The molecule has 0 bridgehead atoms. The molecule has 2 amide bonds. The molecule has 7 nitrogen and oxygen atoms in total. The highest BCUT2D eigenvalue weighted by molar-refractivity contribution is 14.1. The Labute approximate surface area is 268 Å². The van der Waals surface area contributed by atoms with Gasteiger partial charge in [-0.2, -0.15) is 0 Å². The van der Waals surface area contributed by atoms with Crippen molar-refractivity contribution >= 4 is 50.1 Å². The van der Waals surface area contributed by atoms with Crippen molar-refractivity contribution in [2.24, 2.45) is 0 Å². The van der Waals surface area contributed by atoms with Gasteiger partial charge in [0.05, 0.1) is 10.6 Å².